The number of aromatic nitrogens is 6. The number of carboxylic acids is 1. The van der Waals surface area contributed by atoms with E-state index in [0.29, 0.717) is 9.36 Å². The van der Waals surface area contributed by atoms with Gasteiger partial charge < -0.3 is 5.11 Å². The lowest BCUT2D eigenvalue weighted by Gasteiger charge is -2.08. The Bertz CT molecular complexity index is 1500. The van der Waals surface area contributed by atoms with Crippen LogP contribution >= 0.6 is 0 Å². The zero-order chi connectivity index (χ0) is 22.2. The van der Waals surface area contributed by atoms with Gasteiger partial charge in [-0.3, -0.25) is 29.7 Å². The number of hydrogen-bond acceptors (Lipinski definition) is 10. The SMILES string of the molecule is N#Cc1nn(-c2cc(-n3nc(C(=O)O)c(=O)[nH]c3=O)cc([N+](=O)[O-])c2)c(=O)[nH]c1=O. The predicted molar refractivity (Wildman–Crippen MR) is 92.8 cm³/mol. The van der Waals surface area contributed by atoms with E-state index in [1.807, 2.05) is 0 Å². The fourth-order valence-corrected chi connectivity index (χ4v) is 2.29. The molecule has 2 aromatic heterocycles. The summed E-state index contributed by atoms with van der Waals surface area (Å²) in [6.45, 7) is 0. The summed E-state index contributed by atoms with van der Waals surface area (Å²) < 4.78 is 0.800. The van der Waals surface area contributed by atoms with E-state index in [9.17, 15) is 34.1 Å². The average Bonchev–Trinajstić information content (AvgIpc) is 2.67. The first-order chi connectivity index (χ1) is 14.1. The molecule has 3 N–H and O–H groups in total. The topological polar surface area (TPSA) is 240 Å². The van der Waals surface area contributed by atoms with Gasteiger partial charge in [0.15, 0.2) is 0 Å². The van der Waals surface area contributed by atoms with Crippen LogP contribution in [0.4, 0.5) is 5.69 Å². The molecule has 2 heterocycles. The summed E-state index contributed by atoms with van der Waals surface area (Å²) in [6, 6.07) is 4.04. The first-order valence-electron chi connectivity index (χ1n) is 7.53. The summed E-state index contributed by atoms with van der Waals surface area (Å²) >= 11 is 0. The van der Waals surface area contributed by atoms with Crippen molar-refractivity contribution in [3.05, 3.63) is 81.4 Å². The third kappa shape index (κ3) is 3.36. The fourth-order valence-electron chi connectivity index (χ4n) is 2.29. The monoisotopic (exact) mass is 414 g/mol. The lowest BCUT2D eigenvalue weighted by molar-refractivity contribution is -0.384. The number of carbonyl (C=O) groups is 1. The van der Waals surface area contributed by atoms with Gasteiger partial charge in [0, 0.05) is 12.1 Å². The number of rotatable bonds is 4. The molecule has 3 rings (SSSR count). The molecule has 30 heavy (non-hydrogen) atoms. The van der Waals surface area contributed by atoms with Gasteiger partial charge in [0.2, 0.25) is 11.4 Å². The van der Waals surface area contributed by atoms with Crippen LogP contribution in [0.3, 0.4) is 0 Å². The molecule has 0 bridgehead atoms. The van der Waals surface area contributed by atoms with E-state index in [4.69, 9.17) is 10.4 Å². The van der Waals surface area contributed by atoms with Gasteiger partial charge in [-0.05, 0) is 6.07 Å². The van der Waals surface area contributed by atoms with Crippen molar-refractivity contribution in [3.8, 4) is 17.4 Å². The van der Waals surface area contributed by atoms with Crippen molar-refractivity contribution in [1.29, 1.82) is 5.26 Å². The van der Waals surface area contributed by atoms with Crippen molar-refractivity contribution in [2.75, 3.05) is 0 Å². The summed E-state index contributed by atoms with van der Waals surface area (Å²) in [7, 11) is 0. The Labute approximate surface area is 161 Å². The number of non-ortho nitro benzene ring substituents is 1. The second kappa shape index (κ2) is 7.08. The number of nitro groups is 1. The Hall–Kier alpha value is -5.20. The quantitative estimate of drug-likeness (QED) is 0.301. The van der Waals surface area contributed by atoms with E-state index >= 15 is 0 Å². The second-order valence-electron chi connectivity index (χ2n) is 5.42. The molecule has 0 radical (unpaired) electrons. The third-order valence-electron chi connectivity index (χ3n) is 3.55. The van der Waals surface area contributed by atoms with Crippen molar-refractivity contribution >= 4 is 11.7 Å². The predicted octanol–water partition coefficient (Wildman–Crippen LogP) is -2.37. The lowest BCUT2D eigenvalue weighted by Crippen LogP contribution is -2.36. The smallest absolute Gasteiger partial charge is 0.362 e. The molecule has 0 saturated heterocycles. The van der Waals surface area contributed by atoms with Crippen molar-refractivity contribution in [2.24, 2.45) is 0 Å². The minimum atomic E-state index is -1.77. The Morgan fingerprint density at radius 1 is 1.03 bits per heavy atom. The summed E-state index contributed by atoms with van der Waals surface area (Å²) in [5.41, 5.74) is -8.04. The van der Waals surface area contributed by atoms with Crippen LogP contribution in [0.2, 0.25) is 0 Å². The summed E-state index contributed by atoms with van der Waals surface area (Å²) in [5, 5.41) is 36.0. The number of H-pyrrole nitrogens is 2. The van der Waals surface area contributed by atoms with E-state index in [1.54, 1.807) is 9.97 Å². The maximum Gasteiger partial charge on any atom is 0.362 e. The van der Waals surface area contributed by atoms with E-state index < -0.39 is 56.2 Å². The molecule has 0 aliphatic carbocycles. The van der Waals surface area contributed by atoms with Crippen LogP contribution in [0, 0.1) is 21.4 Å². The van der Waals surface area contributed by atoms with Crippen LogP contribution in [-0.4, -0.2) is 45.5 Å². The molecule has 150 valence electrons. The Kier molecular flexibility index (Phi) is 4.62. The van der Waals surface area contributed by atoms with Crippen LogP contribution in [0.15, 0.2) is 37.4 Å². The molecule has 16 heteroatoms. The van der Waals surface area contributed by atoms with Crippen molar-refractivity contribution in [1.82, 2.24) is 29.5 Å². The lowest BCUT2D eigenvalue weighted by atomic mass is 10.2. The van der Waals surface area contributed by atoms with Crippen LogP contribution in [0.1, 0.15) is 16.2 Å². The maximum atomic E-state index is 12.1. The molecular weight excluding hydrogens is 408 g/mol. The van der Waals surface area contributed by atoms with E-state index in [0.717, 1.165) is 18.2 Å². The highest BCUT2D eigenvalue weighted by Crippen LogP contribution is 2.20. The molecule has 0 unspecified atom stereocenters. The molecule has 0 amide bonds. The maximum absolute atomic E-state index is 12.1. The standard InChI is InChI=1S/C14H6N8O8/c15-4-8-10(23)16-13(27)20(18-8)5-1-6(3-7(2-5)22(29)30)21-14(28)17-11(24)9(19-21)12(25)26/h1-3H,(H,25,26)(H,16,23,27)(H,17,24,28). The molecule has 0 aliphatic rings. The molecule has 16 nitrogen and oxygen atoms in total. The van der Waals surface area contributed by atoms with E-state index in [1.165, 1.54) is 6.07 Å². The largest absolute Gasteiger partial charge is 0.476 e. The van der Waals surface area contributed by atoms with Gasteiger partial charge in [-0.1, -0.05) is 0 Å². The third-order valence-corrected chi connectivity index (χ3v) is 3.55. The van der Waals surface area contributed by atoms with Gasteiger partial charge in [0.05, 0.1) is 16.3 Å². The molecular formula is C14H6N8O8. The molecule has 0 aliphatic heterocycles. The average molecular weight is 414 g/mol. The molecule has 0 fully saturated rings. The summed E-state index contributed by atoms with van der Waals surface area (Å²) in [4.78, 5) is 72.1. The number of aromatic amines is 2. The highest BCUT2D eigenvalue weighted by Gasteiger charge is 2.19. The van der Waals surface area contributed by atoms with Crippen LogP contribution in [-0.2, 0) is 0 Å². The van der Waals surface area contributed by atoms with Crippen molar-refractivity contribution < 1.29 is 14.8 Å². The number of aromatic carboxylic acids is 1. The van der Waals surface area contributed by atoms with Gasteiger partial charge in [-0.2, -0.15) is 19.7 Å². The minimum Gasteiger partial charge on any atom is -0.476 e. The Morgan fingerprint density at radius 2 is 1.57 bits per heavy atom. The van der Waals surface area contributed by atoms with Gasteiger partial charge in [-0.25, -0.2) is 14.4 Å². The molecule has 0 saturated carbocycles. The summed E-state index contributed by atoms with van der Waals surface area (Å²) in [5.74, 6) is -1.77. The van der Waals surface area contributed by atoms with Crippen LogP contribution in [0.25, 0.3) is 11.4 Å². The van der Waals surface area contributed by atoms with Crippen molar-refractivity contribution in [2.45, 2.75) is 0 Å². The Balaban J connectivity index is 2.37. The molecule has 3 aromatic rings. The number of benzene rings is 1. The zero-order valence-electron chi connectivity index (χ0n) is 14.2. The number of nitrogens with one attached hydrogen (secondary N) is 2. The molecule has 1 aromatic carbocycles. The van der Waals surface area contributed by atoms with Gasteiger partial charge in [-0.15, -0.1) is 5.10 Å². The number of hydrogen-bond donors (Lipinski definition) is 3. The zero-order valence-corrected chi connectivity index (χ0v) is 14.2. The highest BCUT2D eigenvalue weighted by atomic mass is 16.6. The number of carboxylic acid groups (broad SMARTS) is 1. The summed E-state index contributed by atoms with van der Waals surface area (Å²) in [6.07, 6.45) is 0. The minimum absolute atomic E-state index is 0.350. The first-order valence-corrected chi connectivity index (χ1v) is 7.53. The normalized spacial score (nSPS) is 10.4. The first kappa shape index (κ1) is 19.6. The van der Waals surface area contributed by atoms with Crippen LogP contribution in [0.5, 0.6) is 0 Å². The van der Waals surface area contributed by atoms with Gasteiger partial charge >= 0.3 is 17.3 Å². The van der Waals surface area contributed by atoms with Crippen LogP contribution < -0.4 is 22.5 Å². The second-order valence-corrected chi connectivity index (χ2v) is 5.42. The van der Waals surface area contributed by atoms with E-state index in [2.05, 4.69) is 10.2 Å². The Morgan fingerprint density at radius 3 is 2.07 bits per heavy atom. The van der Waals surface area contributed by atoms with Gasteiger partial charge in [0.25, 0.3) is 16.8 Å². The van der Waals surface area contributed by atoms with Crippen molar-refractivity contribution in [3.63, 3.8) is 0 Å². The number of nitriles is 1. The fraction of sp³-hybridized carbons (Fsp3) is 0. The molecule has 0 atom stereocenters. The highest BCUT2D eigenvalue weighted by molar-refractivity contribution is 5.84. The molecule has 0 spiro atoms. The van der Waals surface area contributed by atoms with Gasteiger partial charge in [0.1, 0.15) is 6.07 Å². The number of nitrogens with zero attached hydrogens (tertiary/aromatic N) is 6. The van der Waals surface area contributed by atoms with E-state index in [-0.39, 0.29) is 5.69 Å². The number of nitro benzene ring substituents is 1.